The molecule has 0 spiro atoms. The molecule has 0 aliphatic carbocycles. The minimum atomic E-state index is 0.518. The van der Waals surface area contributed by atoms with E-state index in [1.807, 2.05) is 24.4 Å². The van der Waals surface area contributed by atoms with Crippen LogP contribution in [0.4, 0.5) is 5.69 Å². The van der Waals surface area contributed by atoms with Gasteiger partial charge in [0.15, 0.2) is 0 Å². The molecule has 1 heterocycles. The van der Waals surface area contributed by atoms with Crippen molar-refractivity contribution >= 4 is 16.6 Å². The van der Waals surface area contributed by atoms with Crippen molar-refractivity contribution in [2.24, 2.45) is 5.73 Å². The van der Waals surface area contributed by atoms with Crippen molar-refractivity contribution < 1.29 is 0 Å². The molecule has 84 valence electrons. The summed E-state index contributed by atoms with van der Waals surface area (Å²) in [6, 6.07) is 8.13. The van der Waals surface area contributed by atoms with E-state index in [2.05, 4.69) is 23.3 Å². The number of rotatable bonds is 4. The smallest absolute Gasteiger partial charge is 0.0722 e. The molecule has 0 unspecified atom stereocenters. The highest BCUT2D eigenvalue weighted by Crippen LogP contribution is 2.25. The van der Waals surface area contributed by atoms with E-state index in [-0.39, 0.29) is 0 Å². The third-order valence-corrected chi connectivity index (χ3v) is 2.63. The maximum Gasteiger partial charge on any atom is 0.0722 e. The van der Waals surface area contributed by atoms with Crippen LogP contribution in [0.2, 0.25) is 0 Å². The Labute approximate surface area is 95.7 Å². The number of pyridine rings is 1. The average molecular weight is 215 g/mol. The van der Waals surface area contributed by atoms with Crippen molar-refractivity contribution in [1.29, 1.82) is 0 Å². The second-order valence-electron chi connectivity index (χ2n) is 3.81. The van der Waals surface area contributed by atoms with Crippen LogP contribution < -0.4 is 11.1 Å². The Hall–Kier alpha value is -1.61. The summed E-state index contributed by atoms with van der Waals surface area (Å²) in [5.41, 5.74) is 8.96. The highest BCUT2D eigenvalue weighted by atomic mass is 14.9. The predicted octanol–water partition coefficient (Wildman–Crippen LogP) is 2.52. The van der Waals surface area contributed by atoms with E-state index in [4.69, 9.17) is 5.73 Å². The largest absolute Gasteiger partial charge is 0.384 e. The Kier molecular flexibility index (Phi) is 3.37. The zero-order chi connectivity index (χ0) is 11.4. The first-order valence-electron chi connectivity index (χ1n) is 5.67. The van der Waals surface area contributed by atoms with Gasteiger partial charge in [-0.15, -0.1) is 0 Å². The van der Waals surface area contributed by atoms with Crippen LogP contribution in [0.15, 0.2) is 30.5 Å². The predicted molar refractivity (Wildman–Crippen MR) is 68.4 cm³/mol. The molecule has 0 fully saturated rings. The molecule has 16 heavy (non-hydrogen) atoms. The Bertz CT molecular complexity index is 480. The van der Waals surface area contributed by atoms with Gasteiger partial charge in [0.1, 0.15) is 0 Å². The Balaban J connectivity index is 2.54. The van der Waals surface area contributed by atoms with Crippen molar-refractivity contribution in [1.82, 2.24) is 4.98 Å². The summed E-state index contributed by atoms with van der Waals surface area (Å²) < 4.78 is 0. The Morgan fingerprint density at radius 1 is 1.31 bits per heavy atom. The molecule has 0 aliphatic rings. The van der Waals surface area contributed by atoms with E-state index < -0.39 is 0 Å². The van der Waals surface area contributed by atoms with Crippen LogP contribution in [0.25, 0.3) is 10.9 Å². The van der Waals surface area contributed by atoms with Crippen LogP contribution in [0.1, 0.15) is 18.9 Å². The summed E-state index contributed by atoms with van der Waals surface area (Å²) in [6.45, 7) is 3.63. The van der Waals surface area contributed by atoms with Gasteiger partial charge < -0.3 is 11.1 Å². The first-order valence-corrected chi connectivity index (χ1v) is 5.67. The zero-order valence-corrected chi connectivity index (χ0v) is 9.53. The number of hydrogen-bond acceptors (Lipinski definition) is 3. The highest BCUT2D eigenvalue weighted by Gasteiger charge is 2.06. The topological polar surface area (TPSA) is 50.9 Å². The normalized spacial score (nSPS) is 10.6. The lowest BCUT2D eigenvalue weighted by Gasteiger charge is -2.12. The fourth-order valence-corrected chi connectivity index (χ4v) is 1.80. The lowest BCUT2D eigenvalue weighted by Crippen LogP contribution is -2.07. The number of benzene rings is 1. The van der Waals surface area contributed by atoms with Gasteiger partial charge in [-0.1, -0.05) is 25.1 Å². The minimum absolute atomic E-state index is 0.518. The standard InChI is InChI=1S/C13H17N3/c1-2-7-15-13-10(8-14)9-16-12-6-4-3-5-11(12)13/h3-6,9H,2,7-8,14H2,1H3,(H,15,16). The third kappa shape index (κ3) is 1.99. The number of fused-ring (bicyclic) bond motifs is 1. The fourth-order valence-electron chi connectivity index (χ4n) is 1.80. The van der Waals surface area contributed by atoms with Crippen LogP contribution in [0.5, 0.6) is 0 Å². The number of nitrogens with one attached hydrogen (secondary N) is 1. The van der Waals surface area contributed by atoms with Gasteiger partial charge in [-0.25, -0.2) is 0 Å². The lowest BCUT2D eigenvalue weighted by atomic mass is 10.1. The van der Waals surface area contributed by atoms with Crippen molar-refractivity contribution in [2.45, 2.75) is 19.9 Å². The van der Waals surface area contributed by atoms with Gasteiger partial charge in [-0.05, 0) is 12.5 Å². The van der Waals surface area contributed by atoms with E-state index in [0.29, 0.717) is 6.54 Å². The monoisotopic (exact) mass is 215 g/mol. The number of anilines is 1. The average Bonchev–Trinajstić information content (AvgIpc) is 2.35. The molecule has 3 N–H and O–H groups in total. The van der Waals surface area contributed by atoms with Gasteiger partial charge in [-0.2, -0.15) is 0 Å². The van der Waals surface area contributed by atoms with Gasteiger partial charge in [0, 0.05) is 35.9 Å². The van der Waals surface area contributed by atoms with Crippen molar-refractivity contribution in [3.05, 3.63) is 36.0 Å². The molecule has 1 aromatic carbocycles. The first-order chi connectivity index (χ1) is 7.86. The quantitative estimate of drug-likeness (QED) is 0.824. The molecular formula is C13H17N3. The van der Waals surface area contributed by atoms with Gasteiger partial charge in [0.05, 0.1) is 5.52 Å². The molecule has 2 aromatic rings. The fraction of sp³-hybridized carbons (Fsp3) is 0.308. The summed E-state index contributed by atoms with van der Waals surface area (Å²) in [5, 5.41) is 4.59. The molecule has 1 aromatic heterocycles. The van der Waals surface area contributed by atoms with Gasteiger partial charge in [0.25, 0.3) is 0 Å². The van der Waals surface area contributed by atoms with E-state index in [1.54, 1.807) is 0 Å². The summed E-state index contributed by atoms with van der Waals surface area (Å²) in [4.78, 5) is 4.40. The maximum absolute atomic E-state index is 5.73. The molecule has 0 bridgehead atoms. The van der Waals surface area contributed by atoms with Crippen molar-refractivity contribution in [3.8, 4) is 0 Å². The summed E-state index contributed by atoms with van der Waals surface area (Å²) in [5.74, 6) is 0. The molecule has 0 radical (unpaired) electrons. The summed E-state index contributed by atoms with van der Waals surface area (Å²) in [7, 11) is 0. The van der Waals surface area contributed by atoms with E-state index in [9.17, 15) is 0 Å². The van der Waals surface area contributed by atoms with Crippen molar-refractivity contribution in [2.75, 3.05) is 11.9 Å². The summed E-state index contributed by atoms with van der Waals surface area (Å²) in [6.07, 6.45) is 2.96. The van der Waals surface area contributed by atoms with Gasteiger partial charge in [0.2, 0.25) is 0 Å². The number of aromatic nitrogens is 1. The third-order valence-electron chi connectivity index (χ3n) is 2.63. The van der Waals surface area contributed by atoms with Crippen LogP contribution >= 0.6 is 0 Å². The van der Waals surface area contributed by atoms with E-state index >= 15 is 0 Å². The zero-order valence-electron chi connectivity index (χ0n) is 9.53. The van der Waals surface area contributed by atoms with E-state index in [0.717, 1.165) is 35.1 Å². The van der Waals surface area contributed by atoms with Crippen molar-refractivity contribution in [3.63, 3.8) is 0 Å². The molecule has 3 heteroatoms. The van der Waals surface area contributed by atoms with Crippen LogP contribution in [-0.2, 0) is 6.54 Å². The molecule has 0 amide bonds. The Morgan fingerprint density at radius 2 is 2.12 bits per heavy atom. The van der Waals surface area contributed by atoms with Gasteiger partial charge in [-0.3, -0.25) is 4.98 Å². The molecular weight excluding hydrogens is 198 g/mol. The van der Waals surface area contributed by atoms with Crippen LogP contribution in [-0.4, -0.2) is 11.5 Å². The SMILES string of the molecule is CCCNc1c(CN)cnc2ccccc12. The second-order valence-corrected chi connectivity index (χ2v) is 3.81. The highest BCUT2D eigenvalue weighted by molar-refractivity contribution is 5.92. The molecule has 2 rings (SSSR count). The number of nitrogens with zero attached hydrogens (tertiary/aromatic N) is 1. The lowest BCUT2D eigenvalue weighted by molar-refractivity contribution is 0.969. The second kappa shape index (κ2) is 4.94. The molecule has 0 aliphatic heterocycles. The molecule has 0 saturated heterocycles. The summed E-state index contributed by atoms with van der Waals surface area (Å²) >= 11 is 0. The van der Waals surface area contributed by atoms with Crippen LogP contribution in [0.3, 0.4) is 0 Å². The minimum Gasteiger partial charge on any atom is -0.384 e. The van der Waals surface area contributed by atoms with E-state index in [1.165, 1.54) is 0 Å². The number of hydrogen-bond donors (Lipinski definition) is 2. The van der Waals surface area contributed by atoms with Crippen LogP contribution in [0, 0.1) is 0 Å². The molecule has 0 atom stereocenters. The first kappa shape index (κ1) is 10.9. The molecule has 3 nitrogen and oxygen atoms in total. The number of para-hydroxylation sites is 1. The maximum atomic E-state index is 5.73. The van der Waals surface area contributed by atoms with Gasteiger partial charge >= 0.3 is 0 Å². The Morgan fingerprint density at radius 3 is 2.88 bits per heavy atom. The molecule has 0 saturated carbocycles. The number of nitrogens with two attached hydrogens (primary N) is 1.